The Morgan fingerprint density at radius 2 is 1.71 bits per heavy atom. The summed E-state index contributed by atoms with van der Waals surface area (Å²) in [5, 5.41) is 24.3. The Bertz CT molecular complexity index is 61.3. The molecule has 3 nitrogen and oxygen atoms in total. The van der Waals surface area contributed by atoms with Crippen molar-refractivity contribution >= 4 is 0 Å². The average Bonchev–Trinajstić information content (AvgIpc) is 1.72. The van der Waals surface area contributed by atoms with Gasteiger partial charge in [0.2, 0.25) is 0 Å². The van der Waals surface area contributed by atoms with Crippen molar-refractivity contribution in [2.75, 3.05) is 13.2 Å². The van der Waals surface area contributed by atoms with E-state index in [1.165, 1.54) is 0 Å². The van der Waals surface area contributed by atoms with E-state index in [1.54, 1.807) is 0 Å². The fourth-order valence-electron chi connectivity index (χ4n) is 0.132. The summed E-state index contributed by atoms with van der Waals surface area (Å²) < 4.78 is 0. The second kappa shape index (κ2) is 3.64. The first kappa shape index (κ1) is 6.46. The maximum absolute atomic E-state index is 8.14. The zero-order chi connectivity index (χ0) is 5.70. The van der Waals surface area contributed by atoms with Gasteiger partial charge in [-0.05, 0) is 0 Å². The zero-order valence-corrected chi connectivity index (χ0v) is 3.83. The highest BCUT2D eigenvalue weighted by Crippen LogP contribution is 1.84. The Kier molecular flexibility index (Phi) is 3.36. The normalized spacial score (nSPS) is 8.29. The summed E-state index contributed by atoms with van der Waals surface area (Å²) in [4.78, 5) is 0. The molecule has 0 fully saturated rings. The summed E-state index contributed by atoms with van der Waals surface area (Å²) in [5.41, 5.74) is 0.222. The molecule has 0 aliphatic heterocycles. The van der Waals surface area contributed by atoms with Crippen LogP contribution in [0.2, 0.25) is 0 Å². The molecule has 3 N–H and O–H groups in total. The monoisotopic (exact) mass is 104 g/mol. The van der Waals surface area contributed by atoms with Gasteiger partial charge in [0.15, 0.2) is 0 Å². The van der Waals surface area contributed by atoms with E-state index in [-0.39, 0.29) is 18.8 Å². The molecule has 7 heavy (non-hydrogen) atoms. The van der Waals surface area contributed by atoms with Crippen molar-refractivity contribution in [3.05, 3.63) is 11.8 Å². The van der Waals surface area contributed by atoms with Gasteiger partial charge < -0.3 is 15.3 Å². The number of hydrogen-bond acceptors (Lipinski definition) is 3. The fourth-order valence-corrected chi connectivity index (χ4v) is 0.132. The van der Waals surface area contributed by atoms with Gasteiger partial charge in [0.05, 0.1) is 19.5 Å². The van der Waals surface area contributed by atoms with Crippen molar-refractivity contribution < 1.29 is 15.3 Å². The minimum atomic E-state index is -0.285. The highest BCUT2D eigenvalue weighted by molar-refractivity contribution is 4.95. The van der Waals surface area contributed by atoms with Crippen LogP contribution < -0.4 is 0 Å². The molecule has 0 atom stereocenters. The smallest absolute Gasteiger partial charge is 0.0829 e. The molecule has 0 saturated heterocycles. The predicted octanol–water partition coefficient (Wildman–Crippen LogP) is -0.587. The molecule has 0 spiro atoms. The Balaban J connectivity index is 3.38. The van der Waals surface area contributed by atoms with Crippen LogP contribution in [0.25, 0.3) is 0 Å². The molecule has 0 unspecified atom stereocenters. The van der Waals surface area contributed by atoms with Gasteiger partial charge >= 0.3 is 0 Å². The quantitative estimate of drug-likeness (QED) is 0.410. The van der Waals surface area contributed by atoms with Crippen LogP contribution in [0.5, 0.6) is 0 Å². The lowest BCUT2D eigenvalue weighted by Crippen LogP contribution is -1.94. The first-order valence-corrected chi connectivity index (χ1v) is 1.89. The van der Waals surface area contributed by atoms with Gasteiger partial charge in [0.1, 0.15) is 0 Å². The van der Waals surface area contributed by atoms with Crippen molar-refractivity contribution in [3.63, 3.8) is 0 Å². The number of rotatable bonds is 2. The standard InChI is InChI=1S/C4H8O3/c5-1-4(2-6)3-7/h1,5-7H,2-3H2. The molecule has 0 aromatic carbocycles. The summed E-state index contributed by atoms with van der Waals surface area (Å²) in [6, 6.07) is 0. The SMILES string of the molecule is OC=C(CO)CO. The van der Waals surface area contributed by atoms with Gasteiger partial charge in [0.25, 0.3) is 0 Å². The molecule has 0 saturated carbocycles. The van der Waals surface area contributed by atoms with Crippen LogP contribution in [0.15, 0.2) is 11.8 Å². The van der Waals surface area contributed by atoms with E-state index >= 15 is 0 Å². The molecule has 0 bridgehead atoms. The highest BCUT2D eigenvalue weighted by atomic mass is 16.3. The maximum atomic E-state index is 8.14. The van der Waals surface area contributed by atoms with Crippen molar-refractivity contribution in [1.29, 1.82) is 0 Å². The van der Waals surface area contributed by atoms with Crippen molar-refractivity contribution in [2.45, 2.75) is 0 Å². The van der Waals surface area contributed by atoms with Gasteiger partial charge in [-0.15, -0.1) is 0 Å². The Labute approximate surface area is 41.5 Å². The van der Waals surface area contributed by atoms with E-state index in [4.69, 9.17) is 15.3 Å². The van der Waals surface area contributed by atoms with Crippen molar-refractivity contribution in [2.24, 2.45) is 0 Å². The lowest BCUT2D eigenvalue weighted by Gasteiger charge is -1.90. The van der Waals surface area contributed by atoms with Crippen LogP contribution in [0.1, 0.15) is 0 Å². The molecule has 3 heteroatoms. The highest BCUT2D eigenvalue weighted by Gasteiger charge is 1.87. The van der Waals surface area contributed by atoms with Crippen LogP contribution in [0, 0.1) is 0 Å². The predicted molar refractivity (Wildman–Crippen MR) is 24.9 cm³/mol. The van der Waals surface area contributed by atoms with Crippen molar-refractivity contribution in [1.82, 2.24) is 0 Å². The van der Waals surface area contributed by atoms with Gasteiger partial charge in [-0.2, -0.15) is 0 Å². The van der Waals surface area contributed by atoms with E-state index in [0.29, 0.717) is 6.26 Å². The summed E-state index contributed by atoms with van der Waals surface area (Å²) in [5.74, 6) is 0. The second-order valence-corrected chi connectivity index (χ2v) is 1.10. The first-order chi connectivity index (χ1) is 3.35. The molecule has 0 rings (SSSR count). The third kappa shape index (κ3) is 2.19. The van der Waals surface area contributed by atoms with E-state index in [2.05, 4.69) is 0 Å². The minimum absolute atomic E-state index is 0.222. The number of aliphatic hydroxyl groups is 3. The largest absolute Gasteiger partial charge is 0.515 e. The van der Waals surface area contributed by atoms with Crippen LogP contribution >= 0.6 is 0 Å². The number of hydrogen-bond donors (Lipinski definition) is 3. The average molecular weight is 104 g/mol. The van der Waals surface area contributed by atoms with E-state index in [9.17, 15) is 0 Å². The third-order valence-electron chi connectivity index (χ3n) is 0.589. The third-order valence-corrected chi connectivity index (χ3v) is 0.589. The second-order valence-electron chi connectivity index (χ2n) is 1.10. The Morgan fingerprint density at radius 3 is 1.71 bits per heavy atom. The fraction of sp³-hybridized carbons (Fsp3) is 0.500. The van der Waals surface area contributed by atoms with Crippen LogP contribution in [-0.4, -0.2) is 28.5 Å². The molecular formula is C4H8O3. The topological polar surface area (TPSA) is 60.7 Å². The van der Waals surface area contributed by atoms with E-state index < -0.39 is 0 Å². The summed E-state index contributed by atoms with van der Waals surface area (Å²) in [6.07, 6.45) is 0.694. The van der Waals surface area contributed by atoms with Crippen LogP contribution in [-0.2, 0) is 0 Å². The molecular weight excluding hydrogens is 96.0 g/mol. The van der Waals surface area contributed by atoms with E-state index in [1.807, 2.05) is 0 Å². The molecule has 0 radical (unpaired) electrons. The van der Waals surface area contributed by atoms with Gasteiger partial charge in [-0.25, -0.2) is 0 Å². The van der Waals surface area contributed by atoms with Gasteiger partial charge in [-0.1, -0.05) is 0 Å². The lowest BCUT2D eigenvalue weighted by atomic mass is 10.3. The Hall–Kier alpha value is -0.540. The van der Waals surface area contributed by atoms with Crippen LogP contribution in [0.3, 0.4) is 0 Å². The summed E-state index contributed by atoms with van der Waals surface area (Å²) >= 11 is 0. The summed E-state index contributed by atoms with van der Waals surface area (Å²) in [7, 11) is 0. The molecule has 0 aromatic rings. The van der Waals surface area contributed by atoms with Crippen molar-refractivity contribution in [3.8, 4) is 0 Å². The summed E-state index contributed by atoms with van der Waals surface area (Å²) in [6.45, 7) is -0.569. The van der Waals surface area contributed by atoms with Crippen LogP contribution in [0.4, 0.5) is 0 Å². The number of aliphatic hydroxyl groups excluding tert-OH is 3. The molecule has 0 aliphatic rings. The molecule has 0 aliphatic carbocycles. The molecule has 0 heterocycles. The van der Waals surface area contributed by atoms with Gasteiger partial charge in [-0.3, -0.25) is 0 Å². The van der Waals surface area contributed by atoms with E-state index in [0.717, 1.165) is 0 Å². The maximum Gasteiger partial charge on any atom is 0.0829 e. The Morgan fingerprint density at radius 1 is 1.29 bits per heavy atom. The minimum Gasteiger partial charge on any atom is -0.515 e. The molecule has 0 aromatic heterocycles. The van der Waals surface area contributed by atoms with Gasteiger partial charge in [0, 0.05) is 5.57 Å². The molecule has 42 valence electrons. The lowest BCUT2D eigenvalue weighted by molar-refractivity contribution is 0.268. The first-order valence-electron chi connectivity index (χ1n) is 1.89. The molecule has 0 amide bonds. The zero-order valence-electron chi connectivity index (χ0n) is 3.83.